The maximum atomic E-state index is 14.0. The molecular weight excluding hydrogens is 271 g/mol. The van der Waals surface area contributed by atoms with Gasteiger partial charge in [-0.3, -0.25) is 4.79 Å². The molecule has 0 unspecified atom stereocenters. The quantitative estimate of drug-likeness (QED) is 0.811. The summed E-state index contributed by atoms with van der Waals surface area (Å²) in [4.78, 5) is 16.7. The smallest absolute Gasteiger partial charge is 0.319 e. The molecule has 0 amide bonds. The Labute approximate surface area is 122 Å². The summed E-state index contributed by atoms with van der Waals surface area (Å²) in [6.45, 7) is 5.66. The van der Waals surface area contributed by atoms with Gasteiger partial charge in [-0.2, -0.15) is 0 Å². The molecule has 0 saturated heterocycles. The topological polar surface area (TPSA) is 44.1 Å². The molecule has 112 valence electrons. The fraction of sp³-hybridized carbons (Fsp3) is 0.500. The van der Waals surface area contributed by atoms with E-state index < -0.39 is 5.41 Å². The number of hydrogen-bond acceptors (Lipinski definition) is 3. The van der Waals surface area contributed by atoms with Gasteiger partial charge in [0.1, 0.15) is 16.8 Å². The monoisotopic (exact) mass is 290 g/mol. The lowest BCUT2D eigenvalue weighted by molar-refractivity contribution is -0.149. The number of halogens is 1. The minimum atomic E-state index is -0.899. The number of hydrogen-bond donors (Lipinski definition) is 0. The molecule has 5 heteroatoms. The third kappa shape index (κ3) is 2.20. The molecule has 0 atom stereocenters. The maximum Gasteiger partial charge on any atom is 0.319 e. The van der Waals surface area contributed by atoms with Crippen molar-refractivity contribution in [1.29, 1.82) is 0 Å². The molecule has 4 nitrogen and oxygen atoms in total. The molecule has 3 rings (SSSR count). The number of para-hydroxylation sites is 1. The van der Waals surface area contributed by atoms with E-state index in [1.165, 1.54) is 6.07 Å². The third-order valence-corrected chi connectivity index (χ3v) is 3.93. The molecule has 2 aromatic rings. The zero-order valence-electron chi connectivity index (χ0n) is 12.5. The van der Waals surface area contributed by atoms with E-state index in [9.17, 15) is 9.18 Å². The Morgan fingerprint density at radius 2 is 2.19 bits per heavy atom. The highest BCUT2D eigenvalue weighted by molar-refractivity contribution is 5.84. The highest BCUT2D eigenvalue weighted by Crippen LogP contribution is 2.42. The van der Waals surface area contributed by atoms with Crippen LogP contribution >= 0.6 is 0 Å². The lowest BCUT2D eigenvalue weighted by Crippen LogP contribution is -2.34. The number of benzene rings is 1. The van der Waals surface area contributed by atoms with Gasteiger partial charge in [0.15, 0.2) is 5.82 Å². The van der Waals surface area contributed by atoms with Crippen LogP contribution in [0.2, 0.25) is 0 Å². The van der Waals surface area contributed by atoms with E-state index in [-0.39, 0.29) is 11.8 Å². The van der Waals surface area contributed by atoms with Gasteiger partial charge in [0, 0.05) is 6.04 Å². The Hall–Kier alpha value is -1.91. The first-order chi connectivity index (χ1) is 9.96. The molecular formula is C16H19FN2O2. The van der Waals surface area contributed by atoms with E-state index in [2.05, 4.69) is 4.98 Å². The van der Waals surface area contributed by atoms with Crippen molar-refractivity contribution >= 4 is 17.0 Å². The van der Waals surface area contributed by atoms with Gasteiger partial charge in [0.2, 0.25) is 0 Å². The number of aromatic nitrogens is 2. The van der Waals surface area contributed by atoms with Gasteiger partial charge in [-0.1, -0.05) is 6.07 Å². The van der Waals surface area contributed by atoms with Crippen molar-refractivity contribution in [3.63, 3.8) is 0 Å². The summed E-state index contributed by atoms with van der Waals surface area (Å²) in [5.41, 5.74) is 0.186. The lowest BCUT2D eigenvalue weighted by Gasteiger charge is -2.23. The van der Waals surface area contributed by atoms with Crippen LogP contribution in [0.5, 0.6) is 0 Å². The van der Waals surface area contributed by atoms with Crippen LogP contribution in [-0.4, -0.2) is 22.1 Å². The average Bonchev–Trinajstić information content (AvgIpc) is 3.19. The van der Waals surface area contributed by atoms with Crippen molar-refractivity contribution in [1.82, 2.24) is 9.55 Å². The van der Waals surface area contributed by atoms with Gasteiger partial charge in [-0.15, -0.1) is 0 Å². The number of carbonyl (C=O) groups excluding carboxylic acids is 1. The Balaban J connectivity index is 2.20. The molecule has 0 bridgehead atoms. The van der Waals surface area contributed by atoms with Crippen LogP contribution in [0.1, 0.15) is 45.5 Å². The largest absolute Gasteiger partial charge is 0.465 e. The fourth-order valence-corrected chi connectivity index (χ4v) is 2.63. The molecule has 21 heavy (non-hydrogen) atoms. The van der Waals surface area contributed by atoms with Gasteiger partial charge in [0.25, 0.3) is 0 Å². The van der Waals surface area contributed by atoms with E-state index in [0.29, 0.717) is 24.0 Å². The summed E-state index contributed by atoms with van der Waals surface area (Å²) in [6.07, 6.45) is 2.07. The second-order valence-electron chi connectivity index (χ2n) is 5.99. The SMILES string of the molecule is CCOC(=O)C(C)(C)c1nc2c(F)cccc2n1C1CC1. The number of imidazole rings is 1. The van der Waals surface area contributed by atoms with Gasteiger partial charge in [0.05, 0.1) is 12.1 Å². The summed E-state index contributed by atoms with van der Waals surface area (Å²) < 4.78 is 21.2. The van der Waals surface area contributed by atoms with Gasteiger partial charge in [-0.05, 0) is 45.7 Å². The van der Waals surface area contributed by atoms with Crippen molar-refractivity contribution in [3.05, 3.63) is 29.8 Å². The van der Waals surface area contributed by atoms with Crippen molar-refractivity contribution in [2.24, 2.45) is 0 Å². The van der Waals surface area contributed by atoms with Crippen molar-refractivity contribution in [2.45, 2.75) is 45.1 Å². The zero-order chi connectivity index (χ0) is 15.2. The predicted octanol–water partition coefficient (Wildman–Crippen LogP) is 3.35. The number of ether oxygens (including phenoxy) is 1. The summed E-state index contributed by atoms with van der Waals surface area (Å²) >= 11 is 0. The van der Waals surface area contributed by atoms with Gasteiger partial charge < -0.3 is 9.30 Å². The van der Waals surface area contributed by atoms with Crippen molar-refractivity contribution in [2.75, 3.05) is 6.61 Å². The van der Waals surface area contributed by atoms with Crippen LogP contribution < -0.4 is 0 Å². The van der Waals surface area contributed by atoms with Crippen LogP contribution in [0.4, 0.5) is 4.39 Å². The molecule has 0 aliphatic heterocycles. The lowest BCUT2D eigenvalue weighted by atomic mass is 9.92. The summed E-state index contributed by atoms with van der Waals surface area (Å²) in [5.74, 6) is -0.0982. The van der Waals surface area contributed by atoms with Crippen LogP contribution in [0.3, 0.4) is 0 Å². The molecule has 1 heterocycles. The second kappa shape index (κ2) is 4.83. The molecule has 1 aliphatic carbocycles. The van der Waals surface area contributed by atoms with Crippen LogP contribution in [-0.2, 0) is 14.9 Å². The number of carbonyl (C=O) groups is 1. The Bertz CT molecular complexity index is 702. The number of fused-ring (bicyclic) bond motifs is 1. The molecule has 0 radical (unpaired) electrons. The standard InChI is InChI=1S/C16H19FN2O2/c1-4-21-15(20)16(2,3)14-18-13-11(17)6-5-7-12(13)19(14)10-8-9-10/h5-7,10H,4,8-9H2,1-3H3. The third-order valence-electron chi connectivity index (χ3n) is 3.93. The summed E-state index contributed by atoms with van der Waals surface area (Å²) in [7, 11) is 0. The molecule has 1 fully saturated rings. The van der Waals surface area contributed by atoms with Gasteiger partial charge >= 0.3 is 5.97 Å². The Morgan fingerprint density at radius 3 is 2.81 bits per heavy atom. The molecule has 0 spiro atoms. The number of esters is 1. The number of nitrogens with zero attached hydrogens (tertiary/aromatic N) is 2. The average molecular weight is 290 g/mol. The molecule has 1 saturated carbocycles. The van der Waals surface area contributed by atoms with Gasteiger partial charge in [-0.25, -0.2) is 9.37 Å². The van der Waals surface area contributed by atoms with Crippen LogP contribution in [0.15, 0.2) is 18.2 Å². The first-order valence-corrected chi connectivity index (χ1v) is 7.31. The highest BCUT2D eigenvalue weighted by Gasteiger charge is 2.40. The normalized spacial score (nSPS) is 15.4. The van der Waals surface area contributed by atoms with E-state index >= 15 is 0 Å². The number of rotatable bonds is 4. The van der Waals surface area contributed by atoms with E-state index in [1.54, 1.807) is 26.8 Å². The van der Waals surface area contributed by atoms with Crippen LogP contribution in [0, 0.1) is 5.82 Å². The molecule has 1 aliphatic rings. The fourth-order valence-electron chi connectivity index (χ4n) is 2.63. The predicted molar refractivity (Wildman–Crippen MR) is 77.6 cm³/mol. The molecule has 0 N–H and O–H groups in total. The van der Waals surface area contributed by atoms with Crippen molar-refractivity contribution in [3.8, 4) is 0 Å². The first-order valence-electron chi connectivity index (χ1n) is 7.31. The van der Waals surface area contributed by atoms with Crippen molar-refractivity contribution < 1.29 is 13.9 Å². The molecule has 1 aromatic heterocycles. The van der Waals surface area contributed by atoms with E-state index in [1.807, 2.05) is 10.6 Å². The highest BCUT2D eigenvalue weighted by atomic mass is 19.1. The van der Waals surface area contributed by atoms with Crippen LogP contribution in [0.25, 0.3) is 11.0 Å². The van der Waals surface area contributed by atoms with E-state index in [0.717, 1.165) is 18.4 Å². The summed E-state index contributed by atoms with van der Waals surface area (Å²) in [6, 6.07) is 5.24. The maximum absolute atomic E-state index is 14.0. The zero-order valence-corrected chi connectivity index (χ0v) is 12.5. The minimum absolute atomic E-state index is 0.306. The minimum Gasteiger partial charge on any atom is -0.465 e. The molecule has 1 aromatic carbocycles. The summed E-state index contributed by atoms with van der Waals surface area (Å²) in [5, 5.41) is 0. The van der Waals surface area contributed by atoms with E-state index in [4.69, 9.17) is 4.74 Å². The Kier molecular flexibility index (Phi) is 3.23. The second-order valence-corrected chi connectivity index (χ2v) is 5.99. The Morgan fingerprint density at radius 1 is 1.48 bits per heavy atom. The first kappa shape index (κ1) is 14.0.